The van der Waals surface area contributed by atoms with Gasteiger partial charge in [0.05, 0.1) is 6.61 Å². The number of hydrogen-bond acceptors (Lipinski definition) is 4. The standard InChI is InChI=1S/C13H21NO5/c1-12(2,3)19-11(17)14-8(10(15)16)5-13(7-18-4)6-9(13)14/h8-9H,5-7H2,1-4H3,(H,15,16)/t8-,9-,13+/m0/s1. The summed E-state index contributed by atoms with van der Waals surface area (Å²) in [6.07, 6.45) is 0.699. The molecular weight excluding hydrogens is 250 g/mol. The largest absolute Gasteiger partial charge is 0.480 e. The Hall–Kier alpha value is -1.30. The first-order valence-electron chi connectivity index (χ1n) is 6.43. The van der Waals surface area contributed by atoms with Gasteiger partial charge in [0, 0.05) is 18.6 Å². The normalized spacial score (nSPS) is 32.9. The van der Waals surface area contributed by atoms with Crippen molar-refractivity contribution in [2.45, 2.75) is 51.3 Å². The molecule has 0 radical (unpaired) electrons. The molecule has 19 heavy (non-hydrogen) atoms. The van der Waals surface area contributed by atoms with E-state index in [1.54, 1.807) is 27.9 Å². The number of amides is 1. The van der Waals surface area contributed by atoms with E-state index in [-0.39, 0.29) is 11.5 Å². The molecule has 6 nitrogen and oxygen atoms in total. The highest BCUT2D eigenvalue weighted by atomic mass is 16.6. The van der Waals surface area contributed by atoms with Gasteiger partial charge in [0.25, 0.3) is 0 Å². The summed E-state index contributed by atoms with van der Waals surface area (Å²) >= 11 is 0. The molecule has 2 rings (SSSR count). The van der Waals surface area contributed by atoms with Crippen molar-refractivity contribution in [3.05, 3.63) is 0 Å². The number of hydrogen-bond donors (Lipinski definition) is 1. The van der Waals surface area contributed by atoms with Gasteiger partial charge in [0.15, 0.2) is 0 Å². The number of carbonyl (C=O) groups is 2. The topological polar surface area (TPSA) is 76.1 Å². The summed E-state index contributed by atoms with van der Waals surface area (Å²) in [6.45, 7) is 5.80. The van der Waals surface area contributed by atoms with Crippen molar-refractivity contribution in [3.8, 4) is 0 Å². The molecule has 1 aliphatic heterocycles. The van der Waals surface area contributed by atoms with E-state index >= 15 is 0 Å². The van der Waals surface area contributed by atoms with E-state index in [2.05, 4.69) is 0 Å². The van der Waals surface area contributed by atoms with E-state index in [9.17, 15) is 14.7 Å². The van der Waals surface area contributed by atoms with Crippen LogP contribution in [0.2, 0.25) is 0 Å². The average molecular weight is 271 g/mol. The third kappa shape index (κ3) is 2.54. The van der Waals surface area contributed by atoms with Crippen LogP contribution in [0.4, 0.5) is 4.79 Å². The Balaban J connectivity index is 2.14. The minimum absolute atomic E-state index is 0.0663. The molecule has 1 heterocycles. The lowest BCUT2D eigenvalue weighted by atomic mass is 10.0. The third-order valence-electron chi connectivity index (χ3n) is 3.74. The summed E-state index contributed by atoms with van der Waals surface area (Å²) < 4.78 is 10.5. The third-order valence-corrected chi connectivity index (χ3v) is 3.74. The quantitative estimate of drug-likeness (QED) is 0.841. The van der Waals surface area contributed by atoms with Crippen molar-refractivity contribution in [3.63, 3.8) is 0 Å². The highest BCUT2D eigenvalue weighted by Gasteiger charge is 2.68. The van der Waals surface area contributed by atoms with Gasteiger partial charge in [-0.15, -0.1) is 0 Å². The second kappa shape index (κ2) is 4.37. The highest BCUT2D eigenvalue weighted by Crippen LogP contribution is 2.59. The number of carboxylic acid groups (broad SMARTS) is 1. The second-order valence-corrected chi connectivity index (χ2v) is 6.46. The molecule has 1 saturated carbocycles. The lowest BCUT2D eigenvalue weighted by molar-refractivity contribution is -0.142. The Bertz CT molecular complexity index is 402. The molecule has 0 aromatic carbocycles. The molecule has 1 N–H and O–H groups in total. The maximum Gasteiger partial charge on any atom is 0.411 e. The first-order chi connectivity index (χ1) is 8.70. The second-order valence-electron chi connectivity index (χ2n) is 6.46. The molecule has 0 spiro atoms. The predicted octanol–water partition coefficient (Wildman–Crippen LogP) is 1.49. The minimum Gasteiger partial charge on any atom is -0.480 e. The molecule has 1 saturated heterocycles. The van der Waals surface area contributed by atoms with Gasteiger partial charge in [0.1, 0.15) is 11.6 Å². The van der Waals surface area contributed by atoms with E-state index in [0.717, 1.165) is 6.42 Å². The average Bonchev–Trinajstić information content (AvgIpc) is 2.81. The van der Waals surface area contributed by atoms with Crippen LogP contribution in [-0.2, 0) is 14.3 Å². The van der Waals surface area contributed by atoms with Gasteiger partial charge in [-0.3, -0.25) is 4.90 Å². The molecule has 0 unspecified atom stereocenters. The summed E-state index contributed by atoms with van der Waals surface area (Å²) in [7, 11) is 1.59. The number of methoxy groups -OCH3 is 1. The van der Waals surface area contributed by atoms with Crippen molar-refractivity contribution in [2.24, 2.45) is 5.41 Å². The van der Waals surface area contributed by atoms with Crippen LogP contribution in [0.15, 0.2) is 0 Å². The molecule has 1 amide bonds. The molecule has 0 bridgehead atoms. The highest BCUT2D eigenvalue weighted by molar-refractivity contribution is 5.82. The van der Waals surface area contributed by atoms with E-state index < -0.39 is 23.7 Å². The van der Waals surface area contributed by atoms with Crippen molar-refractivity contribution in [1.82, 2.24) is 4.90 Å². The van der Waals surface area contributed by atoms with Crippen LogP contribution in [0.3, 0.4) is 0 Å². The Labute approximate surface area is 112 Å². The van der Waals surface area contributed by atoms with Gasteiger partial charge in [0.2, 0.25) is 0 Å². The zero-order valence-electron chi connectivity index (χ0n) is 11.8. The molecule has 0 aromatic heterocycles. The van der Waals surface area contributed by atoms with Crippen LogP contribution in [0, 0.1) is 5.41 Å². The van der Waals surface area contributed by atoms with Gasteiger partial charge in [-0.1, -0.05) is 0 Å². The first kappa shape index (κ1) is 14.1. The molecule has 0 aromatic rings. The van der Waals surface area contributed by atoms with Crippen molar-refractivity contribution >= 4 is 12.1 Å². The van der Waals surface area contributed by atoms with Crippen molar-refractivity contribution in [2.75, 3.05) is 13.7 Å². The summed E-state index contributed by atoms with van der Waals surface area (Å²) in [5, 5.41) is 9.26. The molecule has 108 valence electrons. The van der Waals surface area contributed by atoms with E-state index in [0.29, 0.717) is 13.0 Å². The lowest BCUT2D eigenvalue weighted by Crippen LogP contribution is -2.45. The molecule has 2 aliphatic rings. The Morgan fingerprint density at radius 1 is 1.37 bits per heavy atom. The summed E-state index contributed by atoms with van der Waals surface area (Å²) in [5.41, 5.74) is -0.809. The van der Waals surface area contributed by atoms with Gasteiger partial charge in [-0.2, -0.15) is 0 Å². The summed E-state index contributed by atoms with van der Waals surface area (Å²) in [6, 6.07) is -0.868. The Morgan fingerprint density at radius 2 is 2.00 bits per heavy atom. The number of carboxylic acids is 1. The number of carbonyl (C=O) groups excluding carboxylic acids is 1. The number of piperidine rings is 1. The van der Waals surface area contributed by atoms with E-state index in [1.165, 1.54) is 4.90 Å². The van der Waals surface area contributed by atoms with Crippen LogP contribution in [0.1, 0.15) is 33.6 Å². The SMILES string of the molecule is COC[C@@]12C[C@@H]1N(C(=O)OC(C)(C)C)[C@H](C(=O)O)C2. The summed E-state index contributed by atoms with van der Waals surface area (Å²) in [4.78, 5) is 24.8. The zero-order chi connectivity index (χ0) is 14.4. The fourth-order valence-electron chi connectivity index (χ4n) is 2.92. The number of likely N-dealkylation sites (tertiary alicyclic amines) is 1. The number of rotatable bonds is 3. The zero-order valence-corrected chi connectivity index (χ0v) is 11.8. The number of fused-ring (bicyclic) bond motifs is 1. The summed E-state index contributed by atoms with van der Waals surface area (Å²) in [5.74, 6) is -0.978. The molecule has 2 fully saturated rings. The van der Waals surface area contributed by atoms with Crippen molar-refractivity contribution < 1.29 is 24.2 Å². The lowest BCUT2D eigenvalue weighted by Gasteiger charge is -2.28. The van der Waals surface area contributed by atoms with E-state index in [1.807, 2.05) is 0 Å². The van der Waals surface area contributed by atoms with Crippen molar-refractivity contribution in [1.29, 1.82) is 0 Å². The number of ether oxygens (including phenoxy) is 2. The Morgan fingerprint density at radius 3 is 2.47 bits per heavy atom. The molecule has 6 heteroatoms. The fraction of sp³-hybridized carbons (Fsp3) is 0.846. The number of nitrogens with zero attached hydrogens (tertiary/aromatic N) is 1. The Kier molecular flexibility index (Phi) is 3.24. The van der Waals surface area contributed by atoms with Gasteiger partial charge >= 0.3 is 12.1 Å². The first-order valence-corrected chi connectivity index (χ1v) is 6.43. The minimum atomic E-state index is -0.978. The van der Waals surface area contributed by atoms with Gasteiger partial charge < -0.3 is 14.6 Å². The monoisotopic (exact) mass is 271 g/mol. The van der Waals surface area contributed by atoms with Crippen LogP contribution in [0.25, 0.3) is 0 Å². The molecular formula is C13H21NO5. The van der Waals surface area contributed by atoms with Crippen LogP contribution in [0.5, 0.6) is 0 Å². The molecule has 1 aliphatic carbocycles. The predicted molar refractivity (Wildman–Crippen MR) is 66.8 cm³/mol. The van der Waals surface area contributed by atoms with Crippen LogP contribution >= 0.6 is 0 Å². The van der Waals surface area contributed by atoms with Crippen LogP contribution in [-0.4, -0.2) is 53.5 Å². The maximum atomic E-state index is 12.2. The maximum absolute atomic E-state index is 12.2. The fourth-order valence-corrected chi connectivity index (χ4v) is 2.92. The van der Waals surface area contributed by atoms with Crippen LogP contribution < -0.4 is 0 Å². The van der Waals surface area contributed by atoms with Gasteiger partial charge in [-0.25, -0.2) is 9.59 Å². The van der Waals surface area contributed by atoms with E-state index in [4.69, 9.17) is 9.47 Å². The molecule has 3 atom stereocenters. The number of aliphatic carboxylic acids is 1. The van der Waals surface area contributed by atoms with Gasteiger partial charge in [-0.05, 0) is 33.6 Å². The smallest absolute Gasteiger partial charge is 0.411 e.